The molecule has 0 saturated carbocycles. The molecule has 0 bridgehead atoms. The fourth-order valence-corrected chi connectivity index (χ4v) is 1.03. The molecule has 0 unspecified atom stereocenters. The Morgan fingerprint density at radius 1 is 1.46 bits per heavy atom. The first-order chi connectivity index (χ1) is 5.65. The van der Waals surface area contributed by atoms with Crippen molar-refractivity contribution in [3.8, 4) is 5.75 Å². The Morgan fingerprint density at radius 2 is 2.08 bits per heavy atom. The molecule has 0 aliphatic heterocycles. The van der Waals surface area contributed by atoms with Crippen LogP contribution >= 0.6 is 12.4 Å². The predicted molar refractivity (Wildman–Crippen MR) is 56.0 cm³/mol. The quantitative estimate of drug-likeness (QED) is 0.564. The van der Waals surface area contributed by atoms with Crippen LogP contribution in [0.5, 0.6) is 5.75 Å². The highest BCUT2D eigenvalue weighted by Gasteiger charge is 2.04. The number of methoxy groups -OCH3 is 1. The number of hydrogen-bond donors (Lipinski definition) is 2. The molecular formula is C9H13ClN2O. The van der Waals surface area contributed by atoms with E-state index in [-0.39, 0.29) is 18.2 Å². The Bertz CT molecular complexity index is 312. The Labute approximate surface area is 83.8 Å². The third-order valence-corrected chi connectivity index (χ3v) is 1.65. The van der Waals surface area contributed by atoms with E-state index in [0.29, 0.717) is 11.3 Å². The van der Waals surface area contributed by atoms with Crippen LogP contribution < -0.4 is 10.5 Å². The maximum Gasteiger partial charge on any atom is 0.129 e. The molecule has 0 aromatic heterocycles. The van der Waals surface area contributed by atoms with Crippen LogP contribution in [0.3, 0.4) is 0 Å². The van der Waals surface area contributed by atoms with Gasteiger partial charge in [0.15, 0.2) is 0 Å². The van der Waals surface area contributed by atoms with Crippen molar-refractivity contribution in [3.05, 3.63) is 29.3 Å². The van der Waals surface area contributed by atoms with Crippen LogP contribution in [0.25, 0.3) is 0 Å². The van der Waals surface area contributed by atoms with Gasteiger partial charge in [-0.15, -0.1) is 12.4 Å². The molecule has 0 heterocycles. The highest BCUT2D eigenvalue weighted by Crippen LogP contribution is 2.18. The number of ether oxygens (including phenoxy) is 1. The van der Waals surface area contributed by atoms with E-state index >= 15 is 0 Å². The summed E-state index contributed by atoms with van der Waals surface area (Å²) in [5.74, 6) is 0.684. The number of hydrogen-bond acceptors (Lipinski definition) is 2. The van der Waals surface area contributed by atoms with E-state index in [9.17, 15) is 0 Å². The average Bonchev–Trinajstić information content (AvgIpc) is 2.04. The van der Waals surface area contributed by atoms with Gasteiger partial charge in [-0.1, -0.05) is 11.6 Å². The average molecular weight is 201 g/mol. The summed E-state index contributed by atoms with van der Waals surface area (Å²) in [7, 11) is 1.57. The number of nitrogens with one attached hydrogen (secondary N) is 1. The van der Waals surface area contributed by atoms with Crippen molar-refractivity contribution in [3.63, 3.8) is 0 Å². The Morgan fingerprint density at radius 3 is 2.54 bits per heavy atom. The van der Waals surface area contributed by atoms with Gasteiger partial charge in [-0.25, -0.2) is 0 Å². The lowest BCUT2D eigenvalue weighted by molar-refractivity contribution is 0.414. The van der Waals surface area contributed by atoms with Crippen LogP contribution in [0.2, 0.25) is 0 Å². The zero-order valence-corrected chi connectivity index (χ0v) is 8.44. The van der Waals surface area contributed by atoms with Gasteiger partial charge in [0.25, 0.3) is 0 Å². The lowest BCUT2D eigenvalue weighted by Gasteiger charge is -2.06. The minimum absolute atomic E-state index is 0. The molecule has 1 aromatic carbocycles. The van der Waals surface area contributed by atoms with Crippen LogP contribution in [-0.4, -0.2) is 12.9 Å². The van der Waals surface area contributed by atoms with E-state index < -0.39 is 0 Å². The van der Waals surface area contributed by atoms with Gasteiger partial charge in [0.1, 0.15) is 11.6 Å². The molecule has 1 aromatic rings. The van der Waals surface area contributed by atoms with Crippen molar-refractivity contribution >= 4 is 18.2 Å². The van der Waals surface area contributed by atoms with Crippen molar-refractivity contribution in [1.29, 1.82) is 5.41 Å². The molecule has 0 spiro atoms. The monoisotopic (exact) mass is 200 g/mol. The summed E-state index contributed by atoms with van der Waals surface area (Å²) < 4.78 is 5.04. The smallest absolute Gasteiger partial charge is 0.129 e. The van der Waals surface area contributed by atoms with Gasteiger partial charge >= 0.3 is 0 Å². The first kappa shape index (κ1) is 11.8. The summed E-state index contributed by atoms with van der Waals surface area (Å²) in [5, 5.41) is 7.27. The Kier molecular flexibility index (Phi) is 4.28. The van der Waals surface area contributed by atoms with E-state index in [1.165, 1.54) is 0 Å². The molecule has 0 atom stereocenters. The van der Waals surface area contributed by atoms with Crippen molar-refractivity contribution in [2.45, 2.75) is 6.92 Å². The molecule has 0 saturated heterocycles. The van der Waals surface area contributed by atoms with E-state index in [4.69, 9.17) is 15.9 Å². The van der Waals surface area contributed by atoms with Crippen LogP contribution in [-0.2, 0) is 0 Å². The lowest BCUT2D eigenvalue weighted by atomic mass is 10.1. The highest BCUT2D eigenvalue weighted by molar-refractivity contribution is 5.97. The normalized spacial score (nSPS) is 8.77. The maximum atomic E-state index is 7.27. The largest absolute Gasteiger partial charge is 0.496 e. The standard InChI is InChI=1S/C9H12N2O.ClH/c1-6-3-4-8(12-2)7(5-6)9(10)11;/h3-5H,1-2H3,(H3,10,11);1H. The molecule has 0 radical (unpaired) electrons. The number of amidine groups is 1. The summed E-state index contributed by atoms with van der Waals surface area (Å²) in [5.41, 5.74) is 7.08. The van der Waals surface area contributed by atoms with Crippen LogP contribution in [0, 0.1) is 12.3 Å². The predicted octanol–water partition coefficient (Wildman–Crippen LogP) is 1.71. The van der Waals surface area contributed by atoms with Crippen molar-refractivity contribution in [2.75, 3.05) is 7.11 Å². The summed E-state index contributed by atoms with van der Waals surface area (Å²) in [6.45, 7) is 1.95. The fraction of sp³-hybridized carbons (Fsp3) is 0.222. The molecule has 13 heavy (non-hydrogen) atoms. The molecule has 4 heteroatoms. The van der Waals surface area contributed by atoms with E-state index in [2.05, 4.69) is 0 Å². The summed E-state index contributed by atoms with van der Waals surface area (Å²) in [4.78, 5) is 0. The van der Waals surface area contributed by atoms with Crippen molar-refractivity contribution in [1.82, 2.24) is 0 Å². The Balaban J connectivity index is 0.00000144. The van der Waals surface area contributed by atoms with E-state index in [1.807, 2.05) is 25.1 Å². The van der Waals surface area contributed by atoms with Gasteiger partial charge in [-0.3, -0.25) is 5.41 Å². The number of nitrogen functional groups attached to an aromatic ring is 1. The molecule has 72 valence electrons. The second-order valence-corrected chi connectivity index (χ2v) is 2.62. The second-order valence-electron chi connectivity index (χ2n) is 2.62. The minimum Gasteiger partial charge on any atom is -0.496 e. The highest BCUT2D eigenvalue weighted by atomic mass is 35.5. The SMILES string of the molecule is COc1ccc(C)cc1C(=N)N.Cl. The first-order valence-corrected chi connectivity index (χ1v) is 3.64. The first-order valence-electron chi connectivity index (χ1n) is 3.64. The zero-order valence-electron chi connectivity index (χ0n) is 7.63. The summed E-state index contributed by atoms with van der Waals surface area (Å²) >= 11 is 0. The van der Waals surface area contributed by atoms with Gasteiger partial charge in [0.2, 0.25) is 0 Å². The molecule has 3 nitrogen and oxygen atoms in total. The van der Waals surface area contributed by atoms with E-state index in [0.717, 1.165) is 5.56 Å². The van der Waals surface area contributed by atoms with Gasteiger partial charge in [0.05, 0.1) is 12.7 Å². The molecule has 1 rings (SSSR count). The van der Waals surface area contributed by atoms with Gasteiger partial charge in [-0.05, 0) is 19.1 Å². The molecule has 0 fully saturated rings. The molecular weight excluding hydrogens is 188 g/mol. The molecule has 3 N–H and O–H groups in total. The number of nitrogens with two attached hydrogens (primary N) is 1. The van der Waals surface area contributed by atoms with Gasteiger partial charge in [-0.2, -0.15) is 0 Å². The number of benzene rings is 1. The number of halogens is 1. The van der Waals surface area contributed by atoms with Crippen LogP contribution in [0.15, 0.2) is 18.2 Å². The van der Waals surface area contributed by atoms with Crippen molar-refractivity contribution < 1.29 is 4.74 Å². The number of rotatable bonds is 2. The molecule has 0 aliphatic rings. The summed E-state index contributed by atoms with van der Waals surface area (Å²) in [6.07, 6.45) is 0. The third-order valence-electron chi connectivity index (χ3n) is 1.65. The third kappa shape index (κ3) is 2.63. The second kappa shape index (κ2) is 4.72. The minimum atomic E-state index is 0. The molecule has 0 amide bonds. The number of aryl methyl sites for hydroxylation is 1. The van der Waals surface area contributed by atoms with Crippen molar-refractivity contribution in [2.24, 2.45) is 5.73 Å². The maximum absolute atomic E-state index is 7.27. The summed E-state index contributed by atoms with van der Waals surface area (Å²) in [6, 6.07) is 5.57. The van der Waals surface area contributed by atoms with Gasteiger partial charge < -0.3 is 10.5 Å². The topological polar surface area (TPSA) is 59.1 Å². The zero-order chi connectivity index (χ0) is 9.14. The van der Waals surface area contributed by atoms with Crippen LogP contribution in [0.1, 0.15) is 11.1 Å². The van der Waals surface area contributed by atoms with Gasteiger partial charge in [0, 0.05) is 0 Å². The Hall–Kier alpha value is -1.22. The fourth-order valence-electron chi connectivity index (χ4n) is 1.03. The molecule has 0 aliphatic carbocycles. The van der Waals surface area contributed by atoms with E-state index in [1.54, 1.807) is 7.11 Å². The van der Waals surface area contributed by atoms with Crippen LogP contribution in [0.4, 0.5) is 0 Å². The lowest BCUT2D eigenvalue weighted by Crippen LogP contribution is -2.12.